The summed E-state index contributed by atoms with van der Waals surface area (Å²) in [4.78, 5) is 33.4. The number of ether oxygens (including phenoxy) is 1. The van der Waals surface area contributed by atoms with Gasteiger partial charge in [0, 0.05) is 48.2 Å². The van der Waals surface area contributed by atoms with Gasteiger partial charge in [-0.1, -0.05) is 6.07 Å². The zero-order valence-corrected chi connectivity index (χ0v) is 21.4. The number of nitrogens with one attached hydrogen (secondary N) is 3. The number of H-pyrrole nitrogens is 2. The van der Waals surface area contributed by atoms with Crippen molar-refractivity contribution in [1.82, 2.24) is 40.4 Å². The molecule has 0 aliphatic carbocycles. The Labute approximate surface area is 228 Å². The fraction of sp³-hybridized carbons (Fsp3) is 0.103. The molecular formula is C29H24N8O3. The number of pyridine rings is 2. The summed E-state index contributed by atoms with van der Waals surface area (Å²) in [5.74, 6) is 2.07. The van der Waals surface area contributed by atoms with E-state index in [1.807, 2.05) is 30.3 Å². The van der Waals surface area contributed by atoms with Crippen LogP contribution in [0.25, 0.3) is 44.9 Å². The quantitative estimate of drug-likeness (QED) is 0.228. The first-order valence-corrected chi connectivity index (χ1v) is 12.5. The highest BCUT2D eigenvalue weighted by Gasteiger charge is 2.15. The molecule has 0 radical (unpaired) electrons. The van der Waals surface area contributed by atoms with Crippen LogP contribution in [0.2, 0.25) is 0 Å². The highest BCUT2D eigenvalue weighted by atomic mass is 16.5. The van der Waals surface area contributed by atoms with Crippen LogP contribution >= 0.6 is 0 Å². The third kappa shape index (κ3) is 4.95. The molecule has 0 spiro atoms. The van der Waals surface area contributed by atoms with Crippen LogP contribution in [-0.4, -0.2) is 59.8 Å². The van der Waals surface area contributed by atoms with E-state index >= 15 is 0 Å². The Kier molecular flexibility index (Phi) is 6.59. The topological polar surface area (TPSA) is 155 Å². The molecule has 40 heavy (non-hydrogen) atoms. The molecule has 0 aliphatic rings. The van der Waals surface area contributed by atoms with Gasteiger partial charge in [-0.2, -0.15) is 5.10 Å². The van der Waals surface area contributed by atoms with E-state index in [1.165, 1.54) is 0 Å². The Morgan fingerprint density at radius 3 is 2.70 bits per heavy atom. The molecule has 0 bridgehead atoms. The molecule has 0 atom stereocenters. The summed E-state index contributed by atoms with van der Waals surface area (Å²) in [5.41, 5.74) is 4.81. The summed E-state index contributed by atoms with van der Waals surface area (Å²) in [6.45, 7) is 0.383. The van der Waals surface area contributed by atoms with Crippen LogP contribution in [0.3, 0.4) is 0 Å². The summed E-state index contributed by atoms with van der Waals surface area (Å²) in [6, 6.07) is 17.8. The average Bonchev–Trinajstić information content (AvgIpc) is 3.65. The van der Waals surface area contributed by atoms with Crippen LogP contribution in [0.1, 0.15) is 16.2 Å². The van der Waals surface area contributed by atoms with Crippen LogP contribution < -0.4 is 10.1 Å². The van der Waals surface area contributed by atoms with Gasteiger partial charge in [-0.3, -0.25) is 14.9 Å². The monoisotopic (exact) mass is 532 g/mol. The number of amides is 1. The Balaban J connectivity index is 1.17. The first-order valence-electron chi connectivity index (χ1n) is 12.5. The van der Waals surface area contributed by atoms with Crippen LogP contribution in [0, 0.1) is 0 Å². The number of hydrogen-bond donors (Lipinski definition) is 4. The number of phenols is 1. The predicted molar refractivity (Wildman–Crippen MR) is 149 cm³/mol. The summed E-state index contributed by atoms with van der Waals surface area (Å²) >= 11 is 0. The predicted octanol–water partition coefficient (Wildman–Crippen LogP) is 4.16. The van der Waals surface area contributed by atoms with Gasteiger partial charge in [0.1, 0.15) is 17.4 Å². The van der Waals surface area contributed by atoms with Crippen molar-refractivity contribution in [1.29, 1.82) is 0 Å². The van der Waals surface area contributed by atoms with Crippen LogP contribution in [0.4, 0.5) is 0 Å². The minimum Gasteiger partial charge on any atom is -0.507 e. The number of phenolic OH excluding ortho intramolecular Hbond substituents is 1. The summed E-state index contributed by atoms with van der Waals surface area (Å²) in [5, 5.41) is 20.7. The van der Waals surface area contributed by atoms with E-state index in [9.17, 15) is 9.90 Å². The molecule has 6 rings (SSSR count). The van der Waals surface area contributed by atoms with Gasteiger partial charge in [0.15, 0.2) is 5.82 Å². The highest BCUT2D eigenvalue weighted by molar-refractivity contribution is 5.97. The van der Waals surface area contributed by atoms with Crippen molar-refractivity contribution in [3.8, 4) is 45.5 Å². The second-order valence-electron chi connectivity index (χ2n) is 8.96. The number of fused-ring (bicyclic) bond motifs is 1. The van der Waals surface area contributed by atoms with E-state index in [0.717, 1.165) is 16.7 Å². The fourth-order valence-corrected chi connectivity index (χ4v) is 4.38. The van der Waals surface area contributed by atoms with Crippen LogP contribution in [0.5, 0.6) is 11.6 Å². The van der Waals surface area contributed by atoms with Crippen molar-refractivity contribution in [2.45, 2.75) is 6.42 Å². The Morgan fingerprint density at radius 1 is 0.975 bits per heavy atom. The Bertz CT molecular complexity index is 1810. The molecular weight excluding hydrogens is 508 g/mol. The van der Waals surface area contributed by atoms with E-state index in [-0.39, 0.29) is 11.7 Å². The number of aromatic nitrogens is 7. The van der Waals surface area contributed by atoms with Gasteiger partial charge >= 0.3 is 0 Å². The van der Waals surface area contributed by atoms with E-state index in [2.05, 4.69) is 40.4 Å². The molecule has 198 valence electrons. The average molecular weight is 533 g/mol. The maximum Gasteiger partial charge on any atom is 0.251 e. The number of nitrogens with zero attached hydrogens (tertiary/aromatic N) is 5. The van der Waals surface area contributed by atoms with E-state index in [0.29, 0.717) is 58.5 Å². The van der Waals surface area contributed by atoms with E-state index in [4.69, 9.17) is 4.74 Å². The number of methoxy groups -OCH3 is 1. The zero-order valence-electron chi connectivity index (χ0n) is 21.4. The molecule has 0 aliphatic heterocycles. The Hall–Kier alpha value is -5.58. The van der Waals surface area contributed by atoms with Crippen molar-refractivity contribution in [2.75, 3.05) is 13.7 Å². The zero-order chi connectivity index (χ0) is 27.5. The number of rotatable bonds is 8. The molecule has 4 N–H and O–H groups in total. The normalized spacial score (nSPS) is 11.0. The number of aromatic hydroxyl groups is 1. The first kappa shape index (κ1) is 24.7. The number of imidazole rings is 1. The standard InChI is InChI=1S/C29H24N8O3/c1-40-29-20(3-2-11-32-29)18-5-7-24(38)21(15-18)27-33-22-6-4-19(16-23(22)34-27)28(39)31-14-10-25-35-26(37-36-25)17-8-12-30-13-9-17/h2-9,11-13,15-16,38H,10,14H2,1H3,(H,31,39)(H,33,34)(H,35,36,37). The van der Waals surface area contributed by atoms with Gasteiger partial charge < -0.3 is 20.1 Å². The van der Waals surface area contributed by atoms with Crippen molar-refractivity contribution in [3.05, 3.63) is 90.6 Å². The van der Waals surface area contributed by atoms with Crippen molar-refractivity contribution >= 4 is 16.9 Å². The molecule has 2 aromatic carbocycles. The number of hydrogen-bond acceptors (Lipinski definition) is 8. The maximum absolute atomic E-state index is 12.8. The lowest BCUT2D eigenvalue weighted by Gasteiger charge is -2.09. The van der Waals surface area contributed by atoms with Gasteiger partial charge in [-0.25, -0.2) is 15.0 Å². The summed E-state index contributed by atoms with van der Waals surface area (Å²) in [7, 11) is 1.56. The van der Waals surface area contributed by atoms with Crippen LogP contribution in [0.15, 0.2) is 79.3 Å². The van der Waals surface area contributed by atoms with Crippen molar-refractivity contribution in [2.24, 2.45) is 0 Å². The molecule has 11 heteroatoms. The first-order chi connectivity index (χ1) is 19.6. The minimum absolute atomic E-state index is 0.0723. The van der Waals surface area contributed by atoms with Crippen LogP contribution in [-0.2, 0) is 6.42 Å². The molecule has 4 heterocycles. The van der Waals surface area contributed by atoms with Gasteiger partial charge in [0.2, 0.25) is 5.88 Å². The summed E-state index contributed by atoms with van der Waals surface area (Å²) in [6.07, 6.45) is 5.53. The molecule has 11 nitrogen and oxygen atoms in total. The Morgan fingerprint density at radius 2 is 1.85 bits per heavy atom. The molecule has 6 aromatic rings. The third-order valence-corrected chi connectivity index (χ3v) is 6.39. The van der Waals surface area contributed by atoms with Gasteiger partial charge in [0.05, 0.1) is 23.7 Å². The number of aromatic amines is 2. The molecule has 1 amide bonds. The van der Waals surface area contributed by atoms with E-state index < -0.39 is 0 Å². The molecule has 0 unspecified atom stereocenters. The van der Waals surface area contributed by atoms with Crippen molar-refractivity contribution in [3.63, 3.8) is 0 Å². The number of carbonyl (C=O) groups is 1. The summed E-state index contributed by atoms with van der Waals surface area (Å²) < 4.78 is 5.39. The number of benzene rings is 2. The molecule has 4 aromatic heterocycles. The lowest BCUT2D eigenvalue weighted by Crippen LogP contribution is -2.25. The molecule has 0 saturated heterocycles. The smallest absolute Gasteiger partial charge is 0.251 e. The van der Waals surface area contributed by atoms with Crippen molar-refractivity contribution < 1.29 is 14.6 Å². The lowest BCUT2D eigenvalue weighted by molar-refractivity contribution is 0.0954. The van der Waals surface area contributed by atoms with Gasteiger partial charge in [0.25, 0.3) is 5.91 Å². The second-order valence-corrected chi connectivity index (χ2v) is 8.96. The minimum atomic E-state index is -0.222. The van der Waals surface area contributed by atoms with E-state index in [1.54, 1.807) is 56.0 Å². The molecule has 0 fully saturated rings. The van der Waals surface area contributed by atoms with Gasteiger partial charge in [-0.15, -0.1) is 0 Å². The maximum atomic E-state index is 12.8. The largest absolute Gasteiger partial charge is 0.507 e. The molecule has 0 saturated carbocycles. The lowest BCUT2D eigenvalue weighted by atomic mass is 10.0. The SMILES string of the molecule is COc1ncccc1-c1ccc(O)c(-c2nc3ccc(C(=O)NCCc4nc(-c5ccncc5)n[nH]4)cc3[nH]2)c1. The fourth-order valence-electron chi connectivity index (χ4n) is 4.38. The third-order valence-electron chi connectivity index (χ3n) is 6.39. The van der Waals surface area contributed by atoms with Gasteiger partial charge in [-0.05, 0) is 60.2 Å². The second kappa shape index (κ2) is 10.7. The highest BCUT2D eigenvalue weighted by Crippen LogP contribution is 2.35. The number of carbonyl (C=O) groups excluding carboxylic acids is 1.